The lowest BCUT2D eigenvalue weighted by atomic mass is 9.87. The third kappa shape index (κ3) is 4.44. The fraction of sp³-hybridized carbons (Fsp3) is 0.562. The maximum absolute atomic E-state index is 11.9. The number of nitro groups is 1. The third-order valence-electron chi connectivity index (χ3n) is 4.12. The highest BCUT2D eigenvalue weighted by molar-refractivity contribution is 5.77. The first-order chi connectivity index (χ1) is 10.5. The van der Waals surface area contributed by atoms with Crippen LogP contribution in [-0.2, 0) is 4.79 Å². The van der Waals surface area contributed by atoms with Gasteiger partial charge in [0.25, 0.3) is 11.6 Å². The van der Waals surface area contributed by atoms with E-state index in [0.29, 0.717) is 11.3 Å². The summed E-state index contributed by atoms with van der Waals surface area (Å²) in [5, 5.41) is 13.7. The van der Waals surface area contributed by atoms with Gasteiger partial charge in [-0.3, -0.25) is 14.9 Å². The van der Waals surface area contributed by atoms with E-state index in [2.05, 4.69) is 12.2 Å². The third-order valence-corrected chi connectivity index (χ3v) is 4.12. The van der Waals surface area contributed by atoms with Gasteiger partial charge in [0, 0.05) is 17.7 Å². The largest absolute Gasteiger partial charge is 0.484 e. The highest BCUT2D eigenvalue weighted by Gasteiger charge is 2.20. The van der Waals surface area contributed by atoms with Crippen LogP contribution in [0.4, 0.5) is 5.69 Å². The molecule has 0 unspecified atom stereocenters. The zero-order valence-electron chi connectivity index (χ0n) is 13.0. The standard InChI is InChI=1S/C16H22N2O4/c1-11-3-5-13(6-4-11)17-16(19)10-22-14-7-8-15(18(20)21)12(2)9-14/h7-9,11,13H,3-6,10H2,1-2H3,(H,17,19). The summed E-state index contributed by atoms with van der Waals surface area (Å²) in [7, 11) is 0. The van der Waals surface area contributed by atoms with E-state index in [1.807, 2.05) is 0 Å². The molecule has 0 saturated heterocycles. The number of nitrogens with one attached hydrogen (secondary N) is 1. The molecule has 1 aromatic rings. The number of nitro benzene ring substituents is 1. The van der Waals surface area contributed by atoms with Crippen molar-refractivity contribution >= 4 is 11.6 Å². The number of aryl methyl sites for hydroxylation is 1. The van der Waals surface area contributed by atoms with Crippen molar-refractivity contribution in [1.29, 1.82) is 0 Å². The minimum atomic E-state index is -0.435. The molecule has 1 aromatic carbocycles. The lowest BCUT2D eigenvalue weighted by molar-refractivity contribution is -0.385. The van der Waals surface area contributed by atoms with E-state index >= 15 is 0 Å². The van der Waals surface area contributed by atoms with Gasteiger partial charge in [-0.1, -0.05) is 6.92 Å². The molecule has 1 N–H and O–H groups in total. The van der Waals surface area contributed by atoms with E-state index in [4.69, 9.17) is 4.74 Å². The van der Waals surface area contributed by atoms with Gasteiger partial charge < -0.3 is 10.1 Å². The van der Waals surface area contributed by atoms with Gasteiger partial charge >= 0.3 is 0 Å². The average Bonchev–Trinajstić information content (AvgIpc) is 2.47. The Bertz CT molecular complexity index is 551. The summed E-state index contributed by atoms with van der Waals surface area (Å²) in [4.78, 5) is 22.2. The average molecular weight is 306 g/mol. The normalized spacial score (nSPS) is 21.2. The zero-order valence-corrected chi connectivity index (χ0v) is 13.0. The van der Waals surface area contributed by atoms with Gasteiger partial charge in [-0.2, -0.15) is 0 Å². The molecule has 6 heteroatoms. The first-order valence-electron chi connectivity index (χ1n) is 7.63. The molecule has 0 spiro atoms. The molecule has 120 valence electrons. The maximum atomic E-state index is 11.9. The van der Waals surface area contributed by atoms with Crippen LogP contribution in [0.25, 0.3) is 0 Å². The predicted molar refractivity (Wildman–Crippen MR) is 82.9 cm³/mol. The molecule has 1 aliphatic carbocycles. The summed E-state index contributed by atoms with van der Waals surface area (Å²) >= 11 is 0. The first-order valence-corrected chi connectivity index (χ1v) is 7.63. The summed E-state index contributed by atoms with van der Waals surface area (Å²) in [5.41, 5.74) is 0.567. The van der Waals surface area contributed by atoms with Crippen LogP contribution in [0.5, 0.6) is 5.75 Å². The zero-order chi connectivity index (χ0) is 16.1. The van der Waals surface area contributed by atoms with Crippen LogP contribution in [0, 0.1) is 23.0 Å². The van der Waals surface area contributed by atoms with Gasteiger partial charge in [0.1, 0.15) is 5.75 Å². The number of carbonyl (C=O) groups excluding carboxylic acids is 1. The Hall–Kier alpha value is -2.11. The fourth-order valence-electron chi connectivity index (χ4n) is 2.75. The van der Waals surface area contributed by atoms with Gasteiger partial charge in [-0.15, -0.1) is 0 Å². The van der Waals surface area contributed by atoms with Crippen molar-refractivity contribution in [3.63, 3.8) is 0 Å². The number of nitrogens with zero attached hydrogens (tertiary/aromatic N) is 1. The second-order valence-electron chi connectivity index (χ2n) is 6.02. The SMILES string of the molecule is Cc1cc(OCC(=O)NC2CCC(C)CC2)ccc1[N+](=O)[O-]. The summed E-state index contributed by atoms with van der Waals surface area (Å²) in [6.45, 7) is 3.82. The molecular formula is C16H22N2O4. The number of amides is 1. The molecule has 1 fully saturated rings. The van der Waals surface area contributed by atoms with E-state index in [0.717, 1.165) is 31.6 Å². The molecular weight excluding hydrogens is 284 g/mol. The van der Waals surface area contributed by atoms with Crippen LogP contribution in [0.2, 0.25) is 0 Å². The van der Waals surface area contributed by atoms with E-state index in [9.17, 15) is 14.9 Å². The minimum Gasteiger partial charge on any atom is -0.484 e. The quantitative estimate of drug-likeness (QED) is 0.669. The molecule has 6 nitrogen and oxygen atoms in total. The van der Waals surface area contributed by atoms with Gasteiger partial charge in [0.05, 0.1) is 4.92 Å². The van der Waals surface area contributed by atoms with Crippen LogP contribution < -0.4 is 10.1 Å². The topological polar surface area (TPSA) is 81.5 Å². The number of ether oxygens (including phenoxy) is 1. The van der Waals surface area contributed by atoms with Crippen molar-refractivity contribution in [1.82, 2.24) is 5.32 Å². The van der Waals surface area contributed by atoms with Crippen LogP contribution in [0.1, 0.15) is 38.2 Å². The van der Waals surface area contributed by atoms with Crippen LogP contribution >= 0.6 is 0 Å². The Morgan fingerprint density at radius 1 is 1.36 bits per heavy atom. The molecule has 22 heavy (non-hydrogen) atoms. The summed E-state index contributed by atoms with van der Waals surface area (Å²) in [6.07, 6.45) is 4.33. The Morgan fingerprint density at radius 3 is 2.64 bits per heavy atom. The molecule has 2 rings (SSSR count). The molecule has 0 atom stereocenters. The van der Waals surface area contributed by atoms with Gasteiger partial charge in [0.2, 0.25) is 0 Å². The first kappa shape index (κ1) is 16.3. The van der Waals surface area contributed by atoms with E-state index in [-0.39, 0.29) is 24.2 Å². The van der Waals surface area contributed by atoms with Gasteiger partial charge in [-0.25, -0.2) is 0 Å². The molecule has 0 bridgehead atoms. The van der Waals surface area contributed by atoms with Crippen molar-refractivity contribution in [2.24, 2.45) is 5.92 Å². The van der Waals surface area contributed by atoms with Crippen LogP contribution in [0.3, 0.4) is 0 Å². The van der Waals surface area contributed by atoms with Gasteiger partial charge in [0.15, 0.2) is 6.61 Å². The highest BCUT2D eigenvalue weighted by Crippen LogP contribution is 2.24. The van der Waals surface area contributed by atoms with E-state index in [1.165, 1.54) is 12.1 Å². The number of carbonyl (C=O) groups is 1. The monoisotopic (exact) mass is 306 g/mol. The summed E-state index contributed by atoms with van der Waals surface area (Å²) in [6, 6.07) is 4.73. The molecule has 1 aliphatic rings. The predicted octanol–water partition coefficient (Wildman–Crippen LogP) is 2.98. The maximum Gasteiger partial charge on any atom is 0.272 e. The number of rotatable bonds is 5. The molecule has 0 aromatic heterocycles. The molecule has 1 amide bonds. The second-order valence-corrected chi connectivity index (χ2v) is 6.02. The number of benzene rings is 1. The Balaban J connectivity index is 1.81. The van der Waals surface area contributed by atoms with Crippen LogP contribution in [0.15, 0.2) is 18.2 Å². The minimum absolute atomic E-state index is 0.0492. The summed E-state index contributed by atoms with van der Waals surface area (Å²) in [5.74, 6) is 1.07. The molecule has 0 aliphatic heterocycles. The number of hydrogen-bond acceptors (Lipinski definition) is 4. The molecule has 0 radical (unpaired) electrons. The summed E-state index contributed by atoms with van der Waals surface area (Å²) < 4.78 is 5.41. The number of hydrogen-bond donors (Lipinski definition) is 1. The Labute approximate surface area is 130 Å². The molecule has 1 saturated carbocycles. The highest BCUT2D eigenvalue weighted by atomic mass is 16.6. The lowest BCUT2D eigenvalue weighted by Crippen LogP contribution is -2.39. The van der Waals surface area contributed by atoms with Crippen molar-refractivity contribution in [3.05, 3.63) is 33.9 Å². The van der Waals surface area contributed by atoms with Crippen molar-refractivity contribution < 1.29 is 14.5 Å². The Kier molecular flexibility index (Phi) is 5.35. The van der Waals surface area contributed by atoms with E-state index in [1.54, 1.807) is 13.0 Å². The van der Waals surface area contributed by atoms with Crippen molar-refractivity contribution in [3.8, 4) is 5.75 Å². The second kappa shape index (κ2) is 7.24. The van der Waals surface area contributed by atoms with Crippen LogP contribution in [-0.4, -0.2) is 23.5 Å². The van der Waals surface area contributed by atoms with Crippen molar-refractivity contribution in [2.45, 2.75) is 45.6 Å². The smallest absolute Gasteiger partial charge is 0.272 e. The van der Waals surface area contributed by atoms with Gasteiger partial charge in [-0.05, 0) is 50.7 Å². The lowest BCUT2D eigenvalue weighted by Gasteiger charge is -2.26. The Morgan fingerprint density at radius 2 is 2.05 bits per heavy atom. The fourth-order valence-corrected chi connectivity index (χ4v) is 2.75. The van der Waals surface area contributed by atoms with E-state index < -0.39 is 4.92 Å². The van der Waals surface area contributed by atoms with Crippen molar-refractivity contribution in [2.75, 3.05) is 6.61 Å². The molecule has 0 heterocycles.